The van der Waals surface area contributed by atoms with Crippen LogP contribution in [0.1, 0.15) is 92.0 Å². The molecule has 4 aliphatic rings. The summed E-state index contributed by atoms with van der Waals surface area (Å²) < 4.78 is 35.7. The molecule has 7 atom stereocenters. The molecule has 0 radical (unpaired) electrons. The van der Waals surface area contributed by atoms with Gasteiger partial charge in [0.25, 0.3) is 0 Å². The third kappa shape index (κ3) is 9.50. The number of carbonyl (C=O) groups is 3. The van der Waals surface area contributed by atoms with Crippen LogP contribution < -0.4 is 0 Å². The molecule has 0 aliphatic carbocycles. The number of nitrogens with one attached hydrogen (secondary N) is 1. The molecular formula is C41H58N2O10. The number of aromatic amines is 1. The van der Waals surface area contributed by atoms with Crippen LogP contribution in [0.2, 0.25) is 0 Å². The van der Waals surface area contributed by atoms with Crippen LogP contribution in [0.5, 0.6) is 0 Å². The maximum atomic E-state index is 13.8. The molecule has 12 heteroatoms. The fraction of sp³-hybridized carbons (Fsp3) is 0.659. The van der Waals surface area contributed by atoms with Crippen LogP contribution in [0.4, 0.5) is 0 Å². The largest absolute Gasteiger partial charge is 0.467 e. The first-order valence-electron chi connectivity index (χ1n) is 19.0. The molecule has 5 rings (SSSR count). The number of nitrogens with zero attached hydrogens (tertiary/aromatic N) is 1. The van der Waals surface area contributed by atoms with E-state index in [0.29, 0.717) is 49.1 Å². The highest BCUT2D eigenvalue weighted by Crippen LogP contribution is 2.40. The molecule has 12 nitrogen and oxygen atoms in total. The van der Waals surface area contributed by atoms with Gasteiger partial charge in [0.1, 0.15) is 23.8 Å². The second-order valence-corrected chi connectivity index (χ2v) is 16.0. The number of carbonyl (C=O) groups excluding carboxylic acids is 3. The summed E-state index contributed by atoms with van der Waals surface area (Å²) in [6.45, 7) is 14.3. The van der Waals surface area contributed by atoms with E-state index in [-0.39, 0.29) is 25.0 Å². The van der Waals surface area contributed by atoms with Crippen LogP contribution in [0.15, 0.2) is 51.6 Å². The minimum Gasteiger partial charge on any atom is -0.467 e. The Labute approximate surface area is 313 Å². The number of aliphatic imine (C=N–C) groups is 1. The predicted octanol–water partition coefficient (Wildman–Crippen LogP) is 5.58. The van der Waals surface area contributed by atoms with Crippen molar-refractivity contribution in [2.24, 2.45) is 28.2 Å². The molecule has 2 saturated heterocycles. The Hall–Kier alpha value is -3.74. The van der Waals surface area contributed by atoms with Crippen molar-refractivity contribution >= 4 is 23.8 Å². The van der Waals surface area contributed by atoms with Crippen molar-refractivity contribution in [3.8, 4) is 0 Å². The molecule has 0 saturated carbocycles. The fourth-order valence-corrected chi connectivity index (χ4v) is 7.46. The highest BCUT2D eigenvalue weighted by Gasteiger charge is 2.57. The number of ether oxygens (including phenoxy) is 6. The minimum absolute atomic E-state index is 0.0741. The lowest BCUT2D eigenvalue weighted by Gasteiger charge is -2.28. The van der Waals surface area contributed by atoms with E-state index < -0.39 is 60.2 Å². The van der Waals surface area contributed by atoms with Gasteiger partial charge >= 0.3 is 17.9 Å². The number of methoxy groups -OCH3 is 1. The first-order valence-corrected chi connectivity index (χ1v) is 19.0. The third-order valence-corrected chi connectivity index (χ3v) is 10.6. The van der Waals surface area contributed by atoms with Crippen molar-refractivity contribution < 1.29 is 47.9 Å². The van der Waals surface area contributed by atoms with E-state index in [2.05, 4.69) is 31.8 Å². The van der Waals surface area contributed by atoms with Gasteiger partial charge in [-0.3, -0.25) is 14.4 Å². The van der Waals surface area contributed by atoms with Gasteiger partial charge in [0.05, 0.1) is 31.7 Å². The Kier molecular flexibility index (Phi) is 13.4. The van der Waals surface area contributed by atoms with Crippen molar-refractivity contribution in [2.45, 2.75) is 117 Å². The maximum Gasteiger partial charge on any atom is 0.318 e. The van der Waals surface area contributed by atoms with Crippen LogP contribution >= 0.6 is 0 Å². The summed E-state index contributed by atoms with van der Waals surface area (Å²) in [5.74, 6) is -1.78. The molecule has 2 fully saturated rings. The van der Waals surface area contributed by atoms with Gasteiger partial charge < -0.3 is 38.5 Å². The number of aliphatic hydroxyl groups excluding tert-OH is 1. The molecule has 0 amide bonds. The lowest BCUT2D eigenvalue weighted by molar-refractivity contribution is -0.164. The van der Waals surface area contributed by atoms with Gasteiger partial charge in [0.15, 0.2) is 18.3 Å². The third-order valence-electron chi connectivity index (χ3n) is 10.6. The molecule has 1 aromatic heterocycles. The summed E-state index contributed by atoms with van der Waals surface area (Å²) in [5, 5.41) is 10.3. The molecule has 5 heterocycles. The van der Waals surface area contributed by atoms with E-state index in [0.717, 1.165) is 30.5 Å². The van der Waals surface area contributed by atoms with Crippen LogP contribution in [0, 0.1) is 23.2 Å². The summed E-state index contributed by atoms with van der Waals surface area (Å²) in [6.07, 6.45) is 4.56. The summed E-state index contributed by atoms with van der Waals surface area (Å²) in [4.78, 5) is 48.7. The van der Waals surface area contributed by atoms with Gasteiger partial charge in [-0.15, -0.1) is 0 Å². The quantitative estimate of drug-likeness (QED) is 0.135. The molecule has 0 spiro atoms. The van der Waals surface area contributed by atoms with E-state index >= 15 is 0 Å². The average Bonchev–Trinajstić information content (AvgIpc) is 3.89. The summed E-state index contributed by atoms with van der Waals surface area (Å²) in [5.41, 5.74) is 4.26. The number of aromatic nitrogens is 1. The second-order valence-electron chi connectivity index (χ2n) is 16.0. The molecule has 2 N–H and O–H groups in total. The number of rotatable bonds is 10. The highest BCUT2D eigenvalue weighted by molar-refractivity contribution is 5.94. The molecule has 4 aliphatic heterocycles. The van der Waals surface area contributed by atoms with E-state index in [4.69, 9.17) is 33.4 Å². The molecule has 4 bridgehead atoms. The Bertz CT molecular complexity index is 1620. The molecule has 0 unspecified atom stereocenters. The number of hydrogen-bond donors (Lipinski definition) is 2. The normalized spacial score (nSPS) is 32.4. The number of esters is 3. The SMILES string of the molecule is COCCC/C(C)=C1\CO[C@@H](CC(C)C)\C1=C/[C@@H]1N=C2O[C@@H]1COC(=O)[C@@H](CC(C)C)CC(=O)O[C@H]1[C@@H](OC(=O)[C@@]1(C)CO)/C(C)=C\Cc1ccc2[nH]1. The number of aliphatic hydroxyl groups is 1. The van der Waals surface area contributed by atoms with Gasteiger partial charge in [-0.1, -0.05) is 39.3 Å². The van der Waals surface area contributed by atoms with Crippen LogP contribution in [0.3, 0.4) is 0 Å². The molecule has 292 valence electrons. The van der Waals surface area contributed by atoms with Gasteiger partial charge in [-0.2, -0.15) is 0 Å². The van der Waals surface area contributed by atoms with E-state index in [9.17, 15) is 19.5 Å². The first-order chi connectivity index (χ1) is 25.2. The molecule has 53 heavy (non-hydrogen) atoms. The molecular weight excluding hydrogens is 680 g/mol. The predicted molar refractivity (Wildman–Crippen MR) is 198 cm³/mol. The smallest absolute Gasteiger partial charge is 0.318 e. The van der Waals surface area contributed by atoms with Crippen molar-refractivity contribution in [3.05, 3.63) is 58.0 Å². The minimum atomic E-state index is -1.46. The fourth-order valence-electron chi connectivity index (χ4n) is 7.46. The Morgan fingerprint density at radius 1 is 1.11 bits per heavy atom. The van der Waals surface area contributed by atoms with E-state index in [1.165, 1.54) is 18.1 Å². The monoisotopic (exact) mass is 738 g/mol. The number of cyclic esters (lactones) is 1. The van der Waals surface area contributed by atoms with Gasteiger partial charge in [-0.05, 0) is 93.2 Å². The van der Waals surface area contributed by atoms with Crippen LogP contribution in [-0.2, 0) is 49.2 Å². The number of fused-ring (bicyclic) bond motifs is 6. The van der Waals surface area contributed by atoms with Gasteiger partial charge in [0, 0.05) is 25.8 Å². The van der Waals surface area contributed by atoms with E-state index in [1.807, 2.05) is 32.1 Å². The first kappa shape index (κ1) is 40.4. The summed E-state index contributed by atoms with van der Waals surface area (Å²) >= 11 is 0. The number of hydrogen-bond acceptors (Lipinski definition) is 11. The Morgan fingerprint density at radius 3 is 2.57 bits per heavy atom. The number of H-pyrrole nitrogens is 1. The maximum absolute atomic E-state index is 13.8. The Balaban J connectivity index is 1.52. The Morgan fingerprint density at radius 2 is 1.87 bits per heavy atom. The lowest BCUT2D eigenvalue weighted by atomic mass is 9.83. The van der Waals surface area contributed by atoms with Gasteiger partial charge in [0.2, 0.25) is 5.90 Å². The van der Waals surface area contributed by atoms with Crippen LogP contribution in [-0.4, -0.2) is 97.9 Å². The standard InChI is InChI=1S/C41H58N2O10/c1-23(2)16-27-18-35(45)52-37-36(53-40(47)41(37,7)22-44)26(6)11-12-28-13-14-31(42-28)38-43-32(34(51-38)21-50-39(27)46)19-29-30(25(5)10-9-15-48-8)20-49-33(29)17-24(3)4/h11,13-14,19,23-24,27,32-34,36-37,42,44H,9-10,12,15-18,20-22H2,1-8H3/b26-11-,29-19-,30-25+/t27-,32-,33-,34+,36-,37-,41-/m0/s1. The molecule has 0 aromatic carbocycles. The van der Waals surface area contributed by atoms with Crippen molar-refractivity contribution in [1.82, 2.24) is 4.98 Å². The zero-order valence-electron chi connectivity index (χ0n) is 32.6. The summed E-state index contributed by atoms with van der Waals surface area (Å²) in [6, 6.07) is 3.36. The van der Waals surface area contributed by atoms with Crippen molar-refractivity contribution in [2.75, 3.05) is 33.5 Å². The molecule has 1 aromatic rings. The zero-order chi connectivity index (χ0) is 38.4. The second kappa shape index (κ2) is 17.6. The highest BCUT2D eigenvalue weighted by atomic mass is 16.6. The van der Waals surface area contributed by atoms with Crippen LogP contribution in [0.25, 0.3) is 0 Å². The lowest BCUT2D eigenvalue weighted by Crippen LogP contribution is -2.43. The zero-order valence-corrected chi connectivity index (χ0v) is 32.6. The topological polar surface area (TPSA) is 155 Å². The van der Waals surface area contributed by atoms with Crippen molar-refractivity contribution in [1.29, 1.82) is 0 Å². The van der Waals surface area contributed by atoms with E-state index in [1.54, 1.807) is 14.0 Å². The van der Waals surface area contributed by atoms with Gasteiger partial charge in [-0.25, -0.2) is 4.99 Å². The summed E-state index contributed by atoms with van der Waals surface area (Å²) in [7, 11) is 1.71. The number of allylic oxidation sites excluding steroid dienone is 2. The average molecular weight is 739 g/mol. The van der Waals surface area contributed by atoms with Crippen molar-refractivity contribution in [3.63, 3.8) is 0 Å².